The normalized spacial score (nSPS) is 18.0. The van der Waals surface area contributed by atoms with Crippen molar-refractivity contribution in [3.8, 4) is 0 Å². The molecule has 0 radical (unpaired) electrons. The van der Waals surface area contributed by atoms with E-state index in [1.54, 1.807) is 6.20 Å². The second-order valence-electron chi connectivity index (χ2n) is 5.85. The van der Waals surface area contributed by atoms with E-state index < -0.39 is 0 Å². The van der Waals surface area contributed by atoms with Crippen LogP contribution in [0.1, 0.15) is 34.9 Å². The molecular formula is C19H17ClN2. The van der Waals surface area contributed by atoms with Gasteiger partial charge < -0.3 is 5.32 Å². The summed E-state index contributed by atoms with van der Waals surface area (Å²) in [5.41, 5.74) is 5.47. The molecule has 2 aliphatic rings. The lowest BCUT2D eigenvalue weighted by atomic mass is 9.96. The van der Waals surface area contributed by atoms with Crippen LogP contribution in [0.5, 0.6) is 0 Å². The maximum atomic E-state index is 6.60. The highest BCUT2D eigenvalue weighted by Crippen LogP contribution is 2.45. The third-order valence-electron chi connectivity index (χ3n) is 4.22. The molecule has 2 aromatic rings. The summed E-state index contributed by atoms with van der Waals surface area (Å²) in [5, 5.41) is 3.41. The zero-order chi connectivity index (χ0) is 14.9. The fraction of sp³-hybridized carbons (Fsp3) is 0.211. The van der Waals surface area contributed by atoms with Gasteiger partial charge in [0.05, 0.1) is 11.1 Å². The lowest BCUT2D eigenvalue weighted by Gasteiger charge is -2.15. The van der Waals surface area contributed by atoms with E-state index in [1.807, 2.05) is 24.4 Å². The lowest BCUT2D eigenvalue weighted by molar-refractivity contribution is 0.797. The molecule has 2 nitrogen and oxygen atoms in total. The topological polar surface area (TPSA) is 24.4 Å². The van der Waals surface area contributed by atoms with Crippen LogP contribution < -0.4 is 5.32 Å². The van der Waals surface area contributed by atoms with Gasteiger partial charge in [-0.25, -0.2) is 0 Å². The van der Waals surface area contributed by atoms with Crippen LogP contribution >= 0.6 is 11.6 Å². The van der Waals surface area contributed by atoms with Crippen molar-refractivity contribution in [2.45, 2.75) is 18.2 Å². The van der Waals surface area contributed by atoms with Gasteiger partial charge in [-0.05, 0) is 36.5 Å². The van der Waals surface area contributed by atoms with Crippen LogP contribution in [0.3, 0.4) is 0 Å². The van der Waals surface area contributed by atoms with Crippen molar-refractivity contribution in [2.24, 2.45) is 10.9 Å². The van der Waals surface area contributed by atoms with Crippen LogP contribution in [-0.2, 0) is 0 Å². The van der Waals surface area contributed by atoms with Crippen molar-refractivity contribution in [1.82, 2.24) is 0 Å². The Morgan fingerprint density at radius 3 is 2.68 bits per heavy atom. The third-order valence-corrected chi connectivity index (χ3v) is 4.83. The van der Waals surface area contributed by atoms with E-state index >= 15 is 0 Å². The lowest BCUT2D eigenvalue weighted by Crippen LogP contribution is -2.06. The zero-order valence-electron chi connectivity index (χ0n) is 12.2. The zero-order valence-corrected chi connectivity index (χ0v) is 12.9. The molecule has 1 aliphatic heterocycles. The number of alkyl halides is 1. The van der Waals surface area contributed by atoms with E-state index in [2.05, 4.69) is 40.6 Å². The Hall–Kier alpha value is -2.06. The van der Waals surface area contributed by atoms with Crippen LogP contribution in [0.15, 0.2) is 65.9 Å². The summed E-state index contributed by atoms with van der Waals surface area (Å²) < 4.78 is 0. The number of hydrogen-bond donors (Lipinski definition) is 1. The van der Waals surface area contributed by atoms with E-state index in [4.69, 9.17) is 11.6 Å². The largest absolute Gasteiger partial charge is 0.360 e. The highest BCUT2D eigenvalue weighted by Gasteiger charge is 2.31. The monoisotopic (exact) mass is 308 g/mol. The Morgan fingerprint density at radius 1 is 1.09 bits per heavy atom. The van der Waals surface area contributed by atoms with Crippen LogP contribution in [0.4, 0.5) is 5.69 Å². The summed E-state index contributed by atoms with van der Waals surface area (Å²) in [6.07, 6.45) is 6.16. The second-order valence-corrected chi connectivity index (χ2v) is 6.32. The first-order chi connectivity index (χ1) is 10.8. The molecule has 2 aromatic carbocycles. The molecule has 1 heterocycles. The molecule has 0 saturated heterocycles. The van der Waals surface area contributed by atoms with Crippen LogP contribution in [0.25, 0.3) is 0 Å². The Bertz CT molecular complexity index is 745. The van der Waals surface area contributed by atoms with E-state index in [9.17, 15) is 0 Å². The van der Waals surface area contributed by atoms with Crippen LogP contribution in [-0.4, -0.2) is 5.71 Å². The Labute approximate surface area is 135 Å². The van der Waals surface area contributed by atoms with Gasteiger partial charge in [-0.3, -0.25) is 4.99 Å². The summed E-state index contributed by atoms with van der Waals surface area (Å²) >= 11 is 6.60. The maximum Gasteiger partial charge on any atom is 0.0795 e. The Kier molecular flexibility index (Phi) is 3.47. The molecule has 3 heteroatoms. The minimum atomic E-state index is 0.110. The molecule has 22 heavy (non-hydrogen) atoms. The summed E-state index contributed by atoms with van der Waals surface area (Å²) in [6.45, 7) is 0. The van der Waals surface area contributed by atoms with Gasteiger partial charge in [-0.2, -0.15) is 0 Å². The van der Waals surface area contributed by atoms with Gasteiger partial charge in [0, 0.05) is 29.2 Å². The first kappa shape index (κ1) is 13.6. The molecule has 1 N–H and O–H groups in total. The molecule has 1 unspecified atom stereocenters. The fourth-order valence-corrected chi connectivity index (χ4v) is 3.24. The molecule has 0 amide bonds. The summed E-state index contributed by atoms with van der Waals surface area (Å²) in [7, 11) is 0. The van der Waals surface area contributed by atoms with Crippen molar-refractivity contribution in [1.29, 1.82) is 0 Å². The number of nitrogens with zero attached hydrogens (tertiary/aromatic N) is 1. The SMILES string of the molecule is ClC(c1ccc2c(c1)C(c1ccccc1)=NC=CN2)C1CC1. The van der Waals surface area contributed by atoms with Gasteiger partial charge in [-0.15, -0.1) is 11.6 Å². The van der Waals surface area contributed by atoms with Gasteiger partial charge in [0.2, 0.25) is 0 Å². The van der Waals surface area contributed by atoms with Gasteiger partial charge in [0.1, 0.15) is 0 Å². The fourth-order valence-electron chi connectivity index (χ4n) is 2.85. The average Bonchev–Trinajstić information content (AvgIpc) is 3.41. The standard InChI is InChI=1S/C19H17ClN2/c20-18(13-6-7-13)15-8-9-17-16(12-15)19(22-11-10-21-17)14-4-2-1-3-5-14/h1-5,8-13,18,21H,6-7H2. The Morgan fingerprint density at radius 2 is 1.91 bits per heavy atom. The first-order valence-electron chi connectivity index (χ1n) is 7.66. The number of rotatable bonds is 3. The molecule has 4 rings (SSSR count). The number of hydrogen-bond acceptors (Lipinski definition) is 2. The predicted octanol–water partition coefficient (Wildman–Crippen LogP) is 5.11. The number of aliphatic imine (C=N–C) groups is 1. The molecule has 1 atom stereocenters. The number of benzene rings is 2. The average molecular weight is 309 g/mol. The number of fused-ring (bicyclic) bond motifs is 1. The molecule has 1 saturated carbocycles. The van der Waals surface area contributed by atoms with Crippen LogP contribution in [0, 0.1) is 5.92 Å². The number of nitrogens with one attached hydrogen (secondary N) is 1. The van der Waals surface area contributed by atoms with Crippen LogP contribution in [0.2, 0.25) is 0 Å². The van der Waals surface area contributed by atoms with E-state index in [0.29, 0.717) is 5.92 Å². The molecule has 0 aromatic heterocycles. The number of halogens is 1. The van der Waals surface area contributed by atoms with Gasteiger partial charge in [0.25, 0.3) is 0 Å². The third kappa shape index (κ3) is 2.55. The van der Waals surface area contributed by atoms with Gasteiger partial charge in [-0.1, -0.05) is 36.4 Å². The minimum Gasteiger partial charge on any atom is -0.360 e. The Balaban J connectivity index is 1.80. The molecule has 1 aliphatic carbocycles. The van der Waals surface area contributed by atoms with Crippen molar-refractivity contribution in [2.75, 3.05) is 5.32 Å². The van der Waals surface area contributed by atoms with Crippen molar-refractivity contribution in [3.63, 3.8) is 0 Å². The molecule has 1 fully saturated rings. The van der Waals surface area contributed by atoms with Crippen molar-refractivity contribution in [3.05, 3.63) is 77.6 Å². The first-order valence-corrected chi connectivity index (χ1v) is 8.10. The summed E-state index contributed by atoms with van der Waals surface area (Å²) in [4.78, 5) is 4.63. The predicted molar refractivity (Wildman–Crippen MR) is 92.6 cm³/mol. The molecular weight excluding hydrogens is 292 g/mol. The maximum absolute atomic E-state index is 6.60. The van der Waals surface area contributed by atoms with Crippen molar-refractivity contribution < 1.29 is 0 Å². The van der Waals surface area contributed by atoms with E-state index in [-0.39, 0.29) is 5.38 Å². The molecule has 0 bridgehead atoms. The van der Waals surface area contributed by atoms with Gasteiger partial charge >= 0.3 is 0 Å². The quantitative estimate of drug-likeness (QED) is 0.783. The van der Waals surface area contributed by atoms with Gasteiger partial charge in [0.15, 0.2) is 0 Å². The van der Waals surface area contributed by atoms with E-state index in [0.717, 1.165) is 22.5 Å². The molecule has 110 valence electrons. The number of anilines is 1. The van der Waals surface area contributed by atoms with Crippen molar-refractivity contribution >= 4 is 23.0 Å². The minimum absolute atomic E-state index is 0.110. The van der Waals surface area contributed by atoms with E-state index in [1.165, 1.54) is 18.4 Å². The highest BCUT2D eigenvalue weighted by atomic mass is 35.5. The summed E-state index contributed by atoms with van der Waals surface area (Å²) in [6, 6.07) is 16.7. The highest BCUT2D eigenvalue weighted by molar-refractivity contribution is 6.21. The smallest absolute Gasteiger partial charge is 0.0795 e. The summed E-state index contributed by atoms with van der Waals surface area (Å²) in [5.74, 6) is 0.633. The molecule has 0 spiro atoms. The second kappa shape index (κ2) is 5.62.